The van der Waals surface area contributed by atoms with Gasteiger partial charge in [-0.15, -0.1) is 6.58 Å². The Hall–Kier alpha value is -2.17. The molecular formula is C20H22ClFN2O. The highest BCUT2D eigenvalue weighted by Crippen LogP contribution is 2.22. The molecule has 1 atom stereocenters. The second-order valence-electron chi connectivity index (χ2n) is 5.86. The Bertz CT molecular complexity index is 735. The lowest BCUT2D eigenvalue weighted by Crippen LogP contribution is -2.38. The van der Waals surface area contributed by atoms with Gasteiger partial charge in [0.2, 0.25) is 5.91 Å². The maximum absolute atomic E-state index is 13.8. The summed E-state index contributed by atoms with van der Waals surface area (Å²) in [6.07, 6.45) is 1.70. The SMILES string of the molecule is C=CCN(CC(=O)NC(C)c1ccccc1Cl)Cc1ccccc1F. The summed E-state index contributed by atoms with van der Waals surface area (Å²) in [6, 6.07) is 13.8. The number of nitrogens with one attached hydrogen (secondary N) is 1. The van der Waals surface area contributed by atoms with E-state index in [2.05, 4.69) is 11.9 Å². The highest BCUT2D eigenvalue weighted by Gasteiger charge is 2.16. The lowest BCUT2D eigenvalue weighted by molar-refractivity contribution is -0.122. The molecule has 0 fully saturated rings. The zero-order valence-electron chi connectivity index (χ0n) is 14.2. The second-order valence-corrected chi connectivity index (χ2v) is 6.27. The van der Waals surface area contributed by atoms with Crippen molar-refractivity contribution in [3.63, 3.8) is 0 Å². The van der Waals surface area contributed by atoms with Crippen LogP contribution >= 0.6 is 11.6 Å². The van der Waals surface area contributed by atoms with Gasteiger partial charge in [-0.05, 0) is 24.6 Å². The number of hydrogen-bond acceptors (Lipinski definition) is 2. The third-order valence-electron chi connectivity index (χ3n) is 3.86. The van der Waals surface area contributed by atoms with Gasteiger partial charge in [0.25, 0.3) is 0 Å². The molecule has 1 unspecified atom stereocenters. The Labute approximate surface area is 153 Å². The molecule has 0 saturated carbocycles. The van der Waals surface area contributed by atoms with Crippen molar-refractivity contribution in [3.8, 4) is 0 Å². The van der Waals surface area contributed by atoms with E-state index in [1.165, 1.54) is 6.07 Å². The van der Waals surface area contributed by atoms with E-state index in [4.69, 9.17) is 11.6 Å². The molecule has 0 aliphatic heterocycles. The van der Waals surface area contributed by atoms with E-state index in [1.807, 2.05) is 30.0 Å². The van der Waals surface area contributed by atoms with Gasteiger partial charge in [0.15, 0.2) is 0 Å². The minimum Gasteiger partial charge on any atom is -0.348 e. The van der Waals surface area contributed by atoms with E-state index >= 15 is 0 Å². The zero-order valence-corrected chi connectivity index (χ0v) is 15.0. The van der Waals surface area contributed by atoms with E-state index in [0.717, 1.165) is 5.56 Å². The van der Waals surface area contributed by atoms with Crippen molar-refractivity contribution in [2.45, 2.75) is 19.5 Å². The van der Waals surface area contributed by atoms with Gasteiger partial charge in [-0.25, -0.2) is 4.39 Å². The van der Waals surface area contributed by atoms with Gasteiger partial charge in [0, 0.05) is 23.7 Å². The lowest BCUT2D eigenvalue weighted by Gasteiger charge is -2.22. The maximum atomic E-state index is 13.8. The molecule has 5 heteroatoms. The normalized spacial score (nSPS) is 12.0. The van der Waals surface area contributed by atoms with Crippen molar-refractivity contribution in [1.82, 2.24) is 10.2 Å². The predicted octanol–water partition coefficient (Wildman–Crippen LogP) is 4.34. The molecule has 3 nitrogen and oxygen atoms in total. The van der Waals surface area contributed by atoms with Gasteiger partial charge in [-0.2, -0.15) is 0 Å². The standard InChI is InChI=1S/C20H22ClFN2O/c1-3-12-24(13-16-8-4-7-11-19(16)22)14-20(25)23-15(2)17-9-5-6-10-18(17)21/h3-11,15H,1,12-14H2,2H3,(H,23,25). The van der Waals surface area contributed by atoms with Gasteiger partial charge >= 0.3 is 0 Å². The van der Waals surface area contributed by atoms with Crippen LogP contribution in [0.1, 0.15) is 24.1 Å². The van der Waals surface area contributed by atoms with E-state index < -0.39 is 0 Å². The van der Waals surface area contributed by atoms with Gasteiger partial charge in [-0.3, -0.25) is 9.69 Å². The highest BCUT2D eigenvalue weighted by atomic mass is 35.5. The molecular weight excluding hydrogens is 339 g/mol. The molecule has 2 aromatic rings. The predicted molar refractivity (Wildman–Crippen MR) is 99.9 cm³/mol. The summed E-state index contributed by atoms with van der Waals surface area (Å²) < 4.78 is 13.8. The van der Waals surface area contributed by atoms with Crippen molar-refractivity contribution in [2.75, 3.05) is 13.1 Å². The molecule has 2 rings (SSSR count). The molecule has 0 radical (unpaired) electrons. The third-order valence-corrected chi connectivity index (χ3v) is 4.20. The summed E-state index contributed by atoms with van der Waals surface area (Å²) in [5, 5.41) is 3.55. The van der Waals surface area contributed by atoms with Crippen molar-refractivity contribution in [3.05, 3.63) is 83.2 Å². The average Bonchev–Trinajstić information content (AvgIpc) is 2.57. The molecule has 0 aliphatic rings. The fraction of sp³-hybridized carbons (Fsp3) is 0.250. The molecule has 2 aromatic carbocycles. The lowest BCUT2D eigenvalue weighted by atomic mass is 10.1. The molecule has 0 saturated heterocycles. The van der Waals surface area contributed by atoms with Crippen LogP contribution < -0.4 is 5.32 Å². The van der Waals surface area contributed by atoms with Crippen LogP contribution in [0.15, 0.2) is 61.2 Å². The summed E-state index contributed by atoms with van der Waals surface area (Å²) in [4.78, 5) is 14.2. The van der Waals surface area contributed by atoms with E-state index in [9.17, 15) is 9.18 Å². The fourth-order valence-corrected chi connectivity index (χ4v) is 2.93. The Morgan fingerprint density at radius 2 is 1.96 bits per heavy atom. The van der Waals surface area contributed by atoms with Crippen LogP contribution in [0.3, 0.4) is 0 Å². The minimum absolute atomic E-state index is 0.148. The maximum Gasteiger partial charge on any atom is 0.234 e. The summed E-state index contributed by atoms with van der Waals surface area (Å²) in [6.45, 7) is 6.57. The third kappa shape index (κ3) is 5.69. The van der Waals surface area contributed by atoms with Crippen molar-refractivity contribution < 1.29 is 9.18 Å². The highest BCUT2D eigenvalue weighted by molar-refractivity contribution is 6.31. The van der Waals surface area contributed by atoms with Gasteiger partial charge < -0.3 is 5.32 Å². The smallest absolute Gasteiger partial charge is 0.234 e. The first-order valence-corrected chi connectivity index (χ1v) is 8.49. The number of carbonyl (C=O) groups excluding carboxylic acids is 1. The van der Waals surface area contributed by atoms with Crippen LogP contribution in [0, 0.1) is 5.82 Å². The molecule has 0 spiro atoms. The van der Waals surface area contributed by atoms with E-state index in [0.29, 0.717) is 23.7 Å². The largest absolute Gasteiger partial charge is 0.348 e. The second kappa shape index (κ2) is 9.35. The van der Waals surface area contributed by atoms with Crippen LogP contribution in [0.4, 0.5) is 4.39 Å². The topological polar surface area (TPSA) is 32.3 Å². The number of halogens is 2. The zero-order chi connectivity index (χ0) is 18.2. The molecule has 25 heavy (non-hydrogen) atoms. The first kappa shape index (κ1) is 19.2. The van der Waals surface area contributed by atoms with Gasteiger partial charge in [0.05, 0.1) is 12.6 Å². The Balaban J connectivity index is 1.99. The van der Waals surface area contributed by atoms with Crippen LogP contribution in [-0.4, -0.2) is 23.9 Å². The summed E-state index contributed by atoms with van der Waals surface area (Å²) in [7, 11) is 0. The summed E-state index contributed by atoms with van der Waals surface area (Å²) in [5.74, 6) is -0.424. The quantitative estimate of drug-likeness (QED) is 0.710. The van der Waals surface area contributed by atoms with Crippen LogP contribution in [-0.2, 0) is 11.3 Å². The van der Waals surface area contributed by atoms with E-state index in [-0.39, 0.29) is 24.3 Å². The van der Waals surface area contributed by atoms with E-state index in [1.54, 1.807) is 30.3 Å². The molecule has 1 amide bonds. The van der Waals surface area contributed by atoms with Gasteiger partial charge in [-0.1, -0.05) is 54.1 Å². The monoisotopic (exact) mass is 360 g/mol. The molecule has 0 heterocycles. The Kier molecular flexibility index (Phi) is 7.16. The Morgan fingerprint density at radius 3 is 2.64 bits per heavy atom. The van der Waals surface area contributed by atoms with Crippen LogP contribution in [0.5, 0.6) is 0 Å². The van der Waals surface area contributed by atoms with Gasteiger partial charge in [0.1, 0.15) is 5.82 Å². The number of nitrogens with zero attached hydrogens (tertiary/aromatic N) is 1. The molecule has 1 N–H and O–H groups in total. The number of amides is 1. The molecule has 132 valence electrons. The first-order valence-electron chi connectivity index (χ1n) is 8.11. The molecule has 0 bridgehead atoms. The first-order chi connectivity index (χ1) is 12.0. The van der Waals surface area contributed by atoms with Crippen molar-refractivity contribution in [2.24, 2.45) is 0 Å². The average molecular weight is 361 g/mol. The summed E-state index contributed by atoms with van der Waals surface area (Å²) >= 11 is 6.17. The fourth-order valence-electron chi connectivity index (χ4n) is 2.63. The number of hydrogen-bond donors (Lipinski definition) is 1. The summed E-state index contributed by atoms with van der Waals surface area (Å²) in [5.41, 5.74) is 1.41. The van der Waals surface area contributed by atoms with Crippen molar-refractivity contribution >= 4 is 17.5 Å². The molecule has 0 aliphatic carbocycles. The van der Waals surface area contributed by atoms with Crippen LogP contribution in [0.25, 0.3) is 0 Å². The minimum atomic E-state index is -0.276. The van der Waals surface area contributed by atoms with Crippen molar-refractivity contribution in [1.29, 1.82) is 0 Å². The van der Waals surface area contributed by atoms with Crippen LogP contribution in [0.2, 0.25) is 5.02 Å². The number of rotatable bonds is 8. The molecule has 0 aromatic heterocycles. The number of carbonyl (C=O) groups is 1. The Morgan fingerprint density at radius 1 is 1.28 bits per heavy atom. The number of benzene rings is 2.